The molecule has 1 aliphatic rings. The van der Waals surface area contributed by atoms with Crippen LogP contribution in [-0.4, -0.2) is 24.0 Å². The lowest BCUT2D eigenvalue weighted by Crippen LogP contribution is -2.45. The third-order valence-corrected chi connectivity index (χ3v) is 3.00. The number of carbonyl (C=O) groups excluding carboxylic acids is 1. The van der Waals surface area contributed by atoms with Crippen LogP contribution in [0.3, 0.4) is 0 Å². The number of para-hydroxylation sites is 1. The van der Waals surface area contributed by atoms with Crippen molar-refractivity contribution in [2.75, 3.05) is 24.6 Å². The summed E-state index contributed by atoms with van der Waals surface area (Å²) in [6.07, 6.45) is 3.46. The van der Waals surface area contributed by atoms with Gasteiger partial charge < -0.3 is 11.5 Å². The maximum atomic E-state index is 12.0. The van der Waals surface area contributed by atoms with Gasteiger partial charge in [-0.1, -0.05) is 12.5 Å². The molecule has 0 radical (unpaired) electrons. The summed E-state index contributed by atoms with van der Waals surface area (Å²) in [5, 5.41) is 1.94. The fourth-order valence-corrected chi connectivity index (χ4v) is 1.99. The lowest BCUT2D eigenvalue weighted by Gasteiger charge is -2.27. The van der Waals surface area contributed by atoms with E-state index in [0.29, 0.717) is 16.9 Å². The van der Waals surface area contributed by atoms with Crippen molar-refractivity contribution in [2.45, 2.75) is 19.3 Å². The Labute approximate surface area is 125 Å². The first-order valence-corrected chi connectivity index (χ1v) is 5.88. The smallest absolute Gasteiger partial charge is 0.267 e. The minimum absolute atomic E-state index is 0. The summed E-state index contributed by atoms with van der Waals surface area (Å²) in [5.74, 6) is -0.184. The zero-order chi connectivity index (χ0) is 12.3. The van der Waals surface area contributed by atoms with E-state index in [2.05, 4.69) is 5.43 Å². The molecule has 1 fully saturated rings. The Morgan fingerprint density at radius 2 is 1.74 bits per heavy atom. The van der Waals surface area contributed by atoms with E-state index in [-0.39, 0.29) is 30.7 Å². The second kappa shape index (κ2) is 8.09. The molecule has 0 aromatic heterocycles. The molecule has 0 bridgehead atoms. The van der Waals surface area contributed by atoms with Crippen molar-refractivity contribution in [3.63, 3.8) is 0 Å². The third-order valence-electron chi connectivity index (χ3n) is 3.00. The first-order valence-electron chi connectivity index (χ1n) is 5.88. The van der Waals surface area contributed by atoms with Crippen LogP contribution in [0.1, 0.15) is 29.6 Å². The number of piperidine rings is 1. The first kappa shape index (κ1) is 17.8. The highest BCUT2D eigenvalue weighted by Gasteiger charge is 2.16. The van der Waals surface area contributed by atoms with Gasteiger partial charge in [0.25, 0.3) is 5.91 Å². The Morgan fingerprint density at radius 3 is 2.37 bits per heavy atom. The minimum atomic E-state index is -0.184. The summed E-state index contributed by atoms with van der Waals surface area (Å²) in [7, 11) is 0. The summed E-state index contributed by atoms with van der Waals surface area (Å²) in [6, 6.07) is 5.11. The molecule has 5 N–H and O–H groups in total. The van der Waals surface area contributed by atoms with Crippen LogP contribution in [0.25, 0.3) is 0 Å². The topological polar surface area (TPSA) is 84.4 Å². The second-order valence-corrected chi connectivity index (χ2v) is 4.30. The van der Waals surface area contributed by atoms with Crippen molar-refractivity contribution in [3.8, 4) is 0 Å². The van der Waals surface area contributed by atoms with Gasteiger partial charge in [0.1, 0.15) is 0 Å². The van der Waals surface area contributed by atoms with Crippen molar-refractivity contribution >= 4 is 42.1 Å². The van der Waals surface area contributed by atoms with Gasteiger partial charge in [-0.25, -0.2) is 5.01 Å². The average Bonchev–Trinajstić information content (AvgIpc) is 2.34. The Balaban J connectivity index is 0.00000162. The molecule has 0 aliphatic carbocycles. The molecule has 19 heavy (non-hydrogen) atoms. The lowest BCUT2D eigenvalue weighted by atomic mass is 10.1. The number of hydrogen-bond donors (Lipinski definition) is 3. The highest BCUT2D eigenvalue weighted by atomic mass is 35.5. The summed E-state index contributed by atoms with van der Waals surface area (Å²) in [6.45, 7) is 1.79. The molecule has 1 aromatic carbocycles. The Bertz CT molecular complexity index is 422. The summed E-state index contributed by atoms with van der Waals surface area (Å²) < 4.78 is 0. The molecule has 1 aliphatic heterocycles. The molecule has 7 heteroatoms. The molecule has 0 unspecified atom stereocenters. The van der Waals surface area contributed by atoms with Gasteiger partial charge in [-0.2, -0.15) is 0 Å². The second-order valence-electron chi connectivity index (χ2n) is 4.30. The SMILES string of the molecule is Cl.Cl.Nc1cccc(C(=O)NN2CCCCC2)c1N. The normalized spacial score (nSPS) is 14.9. The zero-order valence-corrected chi connectivity index (χ0v) is 12.2. The van der Waals surface area contributed by atoms with Gasteiger partial charge in [-0.3, -0.25) is 10.2 Å². The van der Waals surface area contributed by atoms with E-state index in [1.165, 1.54) is 6.42 Å². The number of hydrogen-bond acceptors (Lipinski definition) is 4. The largest absolute Gasteiger partial charge is 0.397 e. The number of rotatable bonds is 2. The summed E-state index contributed by atoms with van der Waals surface area (Å²) >= 11 is 0. The fourth-order valence-electron chi connectivity index (χ4n) is 1.99. The Hall–Kier alpha value is -1.17. The van der Waals surface area contributed by atoms with Crippen LogP contribution in [0.5, 0.6) is 0 Å². The third kappa shape index (κ3) is 4.45. The van der Waals surface area contributed by atoms with E-state index >= 15 is 0 Å². The monoisotopic (exact) mass is 306 g/mol. The number of halogens is 2. The molecule has 1 amide bonds. The predicted molar refractivity (Wildman–Crippen MR) is 82.7 cm³/mol. The molecule has 0 atom stereocenters. The van der Waals surface area contributed by atoms with Crippen LogP contribution < -0.4 is 16.9 Å². The van der Waals surface area contributed by atoms with Crippen molar-refractivity contribution in [1.29, 1.82) is 0 Å². The van der Waals surface area contributed by atoms with E-state index in [0.717, 1.165) is 25.9 Å². The number of anilines is 2. The molecule has 0 saturated carbocycles. The molecular formula is C12H20Cl2N4O. The van der Waals surface area contributed by atoms with Gasteiger partial charge in [-0.05, 0) is 25.0 Å². The first-order chi connectivity index (χ1) is 8.18. The van der Waals surface area contributed by atoms with Crippen LogP contribution >= 0.6 is 24.8 Å². The van der Waals surface area contributed by atoms with Crippen molar-refractivity contribution < 1.29 is 4.79 Å². The number of nitrogens with zero attached hydrogens (tertiary/aromatic N) is 1. The van der Waals surface area contributed by atoms with Gasteiger partial charge in [0.05, 0.1) is 16.9 Å². The van der Waals surface area contributed by atoms with Crippen molar-refractivity contribution in [2.24, 2.45) is 0 Å². The Kier molecular flexibility index (Phi) is 7.59. The number of nitrogen functional groups attached to an aromatic ring is 2. The fraction of sp³-hybridized carbons (Fsp3) is 0.417. The van der Waals surface area contributed by atoms with E-state index in [1.807, 2.05) is 5.01 Å². The molecule has 108 valence electrons. The lowest BCUT2D eigenvalue weighted by molar-refractivity contribution is 0.0751. The molecule has 2 rings (SSSR count). The number of benzene rings is 1. The van der Waals surface area contributed by atoms with Gasteiger partial charge in [0.15, 0.2) is 0 Å². The molecule has 5 nitrogen and oxygen atoms in total. The molecule has 0 spiro atoms. The number of nitrogens with two attached hydrogens (primary N) is 2. The van der Waals surface area contributed by atoms with Crippen molar-refractivity contribution in [3.05, 3.63) is 23.8 Å². The molecule has 1 heterocycles. The molecular weight excluding hydrogens is 287 g/mol. The Morgan fingerprint density at radius 1 is 1.11 bits per heavy atom. The maximum Gasteiger partial charge on any atom is 0.267 e. The highest BCUT2D eigenvalue weighted by molar-refractivity contribution is 6.01. The quantitative estimate of drug-likeness (QED) is 0.728. The van der Waals surface area contributed by atoms with E-state index in [4.69, 9.17) is 11.5 Å². The highest BCUT2D eigenvalue weighted by Crippen LogP contribution is 2.19. The zero-order valence-electron chi connectivity index (χ0n) is 10.6. The summed E-state index contributed by atoms with van der Waals surface area (Å²) in [5.41, 5.74) is 15.5. The van der Waals surface area contributed by atoms with E-state index in [9.17, 15) is 4.79 Å². The molecule has 1 saturated heterocycles. The summed E-state index contributed by atoms with van der Waals surface area (Å²) in [4.78, 5) is 12.0. The van der Waals surface area contributed by atoms with Crippen LogP contribution in [-0.2, 0) is 0 Å². The predicted octanol–water partition coefficient (Wildman–Crippen LogP) is 1.83. The van der Waals surface area contributed by atoms with Crippen LogP contribution in [0.15, 0.2) is 18.2 Å². The van der Waals surface area contributed by atoms with Crippen LogP contribution in [0, 0.1) is 0 Å². The number of amides is 1. The minimum Gasteiger partial charge on any atom is -0.397 e. The maximum absolute atomic E-state index is 12.0. The van der Waals surface area contributed by atoms with Gasteiger partial charge in [0.2, 0.25) is 0 Å². The molecule has 1 aromatic rings. The van der Waals surface area contributed by atoms with Crippen LogP contribution in [0.2, 0.25) is 0 Å². The number of hydrazine groups is 1. The van der Waals surface area contributed by atoms with Gasteiger partial charge in [0, 0.05) is 13.1 Å². The number of nitrogens with one attached hydrogen (secondary N) is 1. The average molecular weight is 307 g/mol. The van der Waals surface area contributed by atoms with Crippen molar-refractivity contribution in [1.82, 2.24) is 10.4 Å². The standard InChI is InChI=1S/C12H18N4O.2ClH/c13-10-6-4-5-9(11(10)14)12(17)15-16-7-2-1-3-8-16;;/h4-6H,1-3,7-8,13-14H2,(H,15,17);2*1H. The van der Waals surface area contributed by atoms with E-state index in [1.54, 1.807) is 18.2 Å². The van der Waals surface area contributed by atoms with Gasteiger partial charge >= 0.3 is 0 Å². The van der Waals surface area contributed by atoms with Crippen LogP contribution in [0.4, 0.5) is 11.4 Å². The van der Waals surface area contributed by atoms with E-state index < -0.39 is 0 Å². The number of carbonyl (C=O) groups is 1. The van der Waals surface area contributed by atoms with Gasteiger partial charge in [-0.15, -0.1) is 24.8 Å².